The van der Waals surface area contributed by atoms with E-state index in [4.69, 9.17) is 0 Å². The van der Waals surface area contributed by atoms with Crippen molar-refractivity contribution in [2.45, 2.75) is 52.1 Å². The fourth-order valence-corrected chi connectivity index (χ4v) is 2.98. The first-order valence-corrected chi connectivity index (χ1v) is 7.59. The minimum atomic E-state index is -4.40. The van der Waals surface area contributed by atoms with Gasteiger partial charge in [-0.2, -0.15) is 8.78 Å². The van der Waals surface area contributed by atoms with Crippen molar-refractivity contribution in [2.75, 3.05) is 13.2 Å². The topological polar surface area (TPSA) is 52.6 Å². The van der Waals surface area contributed by atoms with Gasteiger partial charge < -0.3 is 13.8 Å². The first-order valence-electron chi connectivity index (χ1n) is 6.05. The number of rotatable bonds is 10. The van der Waals surface area contributed by atoms with E-state index in [2.05, 4.69) is 9.05 Å². The van der Waals surface area contributed by atoms with Crippen LogP contribution in [0.25, 0.3) is 0 Å². The van der Waals surface area contributed by atoms with E-state index in [1.54, 1.807) is 0 Å². The predicted molar refractivity (Wildman–Crippen MR) is 65.0 cm³/mol. The average Bonchev–Trinajstić information content (AvgIpc) is 2.24. The molecule has 18 heavy (non-hydrogen) atoms. The highest BCUT2D eigenvalue weighted by Gasteiger charge is 2.52. The van der Waals surface area contributed by atoms with E-state index in [-0.39, 0.29) is 31.8 Å². The molecule has 7 heteroatoms. The summed E-state index contributed by atoms with van der Waals surface area (Å²) in [4.78, 5) is 10.7. The van der Waals surface area contributed by atoms with Gasteiger partial charge in [0.05, 0.1) is 13.2 Å². The van der Waals surface area contributed by atoms with Gasteiger partial charge in [-0.05, 0) is 33.6 Å². The van der Waals surface area contributed by atoms with Gasteiger partial charge in [0, 0.05) is 12.8 Å². The van der Waals surface area contributed by atoms with Gasteiger partial charge >= 0.3 is 13.3 Å². The molecule has 0 aliphatic carbocycles. The van der Waals surface area contributed by atoms with Gasteiger partial charge in [-0.25, -0.2) is 0 Å². The molecule has 0 atom stereocenters. The maximum Gasteiger partial charge on any atom is 0.399 e. The second-order valence-electron chi connectivity index (χ2n) is 3.91. The predicted octanol–water partition coefficient (Wildman–Crippen LogP) is 3.99. The monoisotopic (exact) mass is 286 g/mol. The summed E-state index contributed by atoms with van der Waals surface area (Å²) in [5, 5.41) is 0. The summed E-state index contributed by atoms with van der Waals surface area (Å²) in [6.45, 7) is 4.18. The van der Waals surface area contributed by atoms with E-state index >= 15 is 0 Å². The van der Waals surface area contributed by atoms with Crippen molar-refractivity contribution >= 4 is 13.4 Å². The summed E-state index contributed by atoms with van der Waals surface area (Å²) in [6, 6.07) is 0. The highest BCUT2D eigenvalue weighted by Crippen LogP contribution is 2.63. The smallest absolute Gasteiger partial charge is 0.305 e. The molecule has 0 fully saturated rings. The van der Waals surface area contributed by atoms with Gasteiger partial charge in [-0.3, -0.25) is 4.57 Å². The van der Waals surface area contributed by atoms with Crippen molar-refractivity contribution in [1.29, 1.82) is 0 Å². The molecule has 0 unspecified atom stereocenters. The molecule has 4 nitrogen and oxygen atoms in total. The van der Waals surface area contributed by atoms with Crippen molar-refractivity contribution in [1.82, 2.24) is 0 Å². The van der Waals surface area contributed by atoms with Crippen LogP contribution in [0, 0.1) is 0 Å². The van der Waals surface area contributed by atoms with Crippen molar-refractivity contribution in [3.05, 3.63) is 0 Å². The standard InChI is InChI=1S/C11H21F2O4P/c1-4-16-18(15,17-5-2)11(12,13)9-7-6-8-10(3)14/h4-9H2,1-3H3. The molecule has 0 radical (unpaired) electrons. The quantitative estimate of drug-likeness (QED) is 0.450. The molecule has 0 aromatic heterocycles. The van der Waals surface area contributed by atoms with E-state index in [0.717, 1.165) is 0 Å². The number of alkyl halides is 2. The normalized spacial score (nSPS) is 12.7. The lowest BCUT2D eigenvalue weighted by atomic mass is 10.1. The molecule has 0 aliphatic rings. The lowest BCUT2D eigenvalue weighted by Crippen LogP contribution is -2.20. The molecule has 0 saturated carbocycles. The second-order valence-corrected chi connectivity index (χ2v) is 6.07. The summed E-state index contributed by atoms with van der Waals surface area (Å²) in [6.07, 6.45) is 0.112. The zero-order valence-corrected chi connectivity index (χ0v) is 12.0. The van der Waals surface area contributed by atoms with Crippen molar-refractivity contribution in [2.24, 2.45) is 0 Å². The Labute approximate surface area is 107 Å². The molecule has 0 amide bonds. The number of Topliss-reactive ketones (excluding diaryl/α,β-unsaturated/α-hetero) is 1. The Morgan fingerprint density at radius 1 is 1.17 bits per heavy atom. The van der Waals surface area contributed by atoms with Crippen LogP contribution in [-0.2, 0) is 18.4 Å². The van der Waals surface area contributed by atoms with Gasteiger partial charge in [0.2, 0.25) is 0 Å². The minimum Gasteiger partial charge on any atom is -0.305 e. The van der Waals surface area contributed by atoms with E-state index in [1.807, 2.05) is 0 Å². The lowest BCUT2D eigenvalue weighted by Gasteiger charge is -2.25. The van der Waals surface area contributed by atoms with Gasteiger partial charge in [0.25, 0.3) is 0 Å². The van der Waals surface area contributed by atoms with Crippen LogP contribution >= 0.6 is 7.60 Å². The van der Waals surface area contributed by atoms with Crippen LogP contribution in [0.4, 0.5) is 8.78 Å². The number of carbonyl (C=O) groups excluding carboxylic acids is 1. The third kappa shape index (κ3) is 5.55. The summed E-state index contributed by atoms with van der Waals surface area (Å²) in [7, 11) is -4.40. The Morgan fingerprint density at radius 2 is 1.67 bits per heavy atom. The Kier molecular flexibility index (Phi) is 7.83. The number of hydrogen-bond acceptors (Lipinski definition) is 4. The molecule has 0 bridgehead atoms. The number of halogens is 2. The molecule has 0 aliphatic heterocycles. The Bertz CT molecular complexity index is 297. The van der Waals surface area contributed by atoms with Crippen LogP contribution < -0.4 is 0 Å². The van der Waals surface area contributed by atoms with Crippen LogP contribution in [0.3, 0.4) is 0 Å². The van der Waals surface area contributed by atoms with Crippen LogP contribution in [0.5, 0.6) is 0 Å². The fraction of sp³-hybridized carbons (Fsp3) is 0.909. The molecule has 0 heterocycles. The number of unbranched alkanes of at least 4 members (excludes halogenated alkanes) is 1. The zero-order chi connectivity index (χ0) is 14.2. The van der Waals surface area contributed by atoms with Crippen molar-refractivity contribution < 1.29 is 27.2 Å². The first kappa shape index (κ1) is 17.7. The fourth-order valence-electron chi connectivity index (χ4n) is 1.41. The third-order valence-electron chi connectivity index (χ3n) is 2.26. The Hall–Kier alpha value is -0.320. The van der Waals surface area contributed by atoms with Crippen LogP contribution in [0.2, 0.25) is 0 Å². The van der Waals surface area contributed by atoms with E-state index < -0.39 is 19.7 Å². The Balaban J connectivity index is 4.45. The summed E-state index contributed by atoms with van der Waals surface area (Å²) < 4.78 is 48.7. The first-order chi connectivity index (χ1) is 8.29. The van der Waals surface area contributed by atoms with Crippen molar-refractivity contribution in [3.8, 4) is 0 Å². The molecule has 0 saturated heterocycles. The highest BCUT2D eigenvalue weighted by atomic mass is 31.2. The van der Waals surface area contributed by atoms with E-state index in [0.29, 0.717) is 6.42 Å². The molecule has 108 valence electrons. The molecular weight excluding hydrogens is 265 g/mol. The van der Waals surface area contributed by atoms with Crippen LogP contribution in [0.15, 0.2) is 0 Å². The molecule has 0 N–H and O–H groups in total. The summed E-state index contributed by atoms with van der Waals surface area (Å²) in [5.41, 5.74) is -3.50. The largest absolute Gasteiger partial charge is 0.399 e. The molecule has 0 aromatic carbocycles. The number of ketones is 1. The SMILES string of the molecule is CCOP(=O)(OCC)C(F)(F)CCCCC(C)=O. The minimum absolute atomic E-state index is 0.0453. The molecular formula is C11H21F2O4P. The van der Waals surface area contributed by atoms with E-state index in [1.165, 1.54) is 20.8 Å². The number of carbonyl (C=O) groups is 1. The molecule has 0 spiro atoms. The summed E-state index contributed by atoms with van der Waals surface area (Å²) in [5.74, 6) is -0.0453. The Morgan fingerprint density at radius 3 is 2.06 bits per heavy atom. The van der Waals surface area contributed by atoms with Gasteiger partial charge in [-0.1, -0.05) is 0 Å². The molecule has 0 aromatic rings. The average molecular weight is 286 g/mol. The van der Waals surface area contributed by atoms with Gasteiger partial charge in [0.15, 0.2) is 0 Å². The second kappa shape index (κ2) is 7.97. The van der Waals surface area contributed by atoms with Crippen LogP contribution in [-0.4, -0.2) is 24.7 Å². The maximum atomic E-state index is 13.8. The molecule has 0 rings (SSSR count). The zero-order valence-electron chi connectivity index (χ0n) is 11.1. The third-order valence-corrected chi connectivity index (χ3v) is 4.48. The van der Waals surface area contributed by atoms with Crippen molar-refractivity contribution in [3.63, 3.8) is 0 Å². The maximum absolute atomic E-state index is 13.8. The van der Waals surface area contributed by atoms with E-state index in [9.17, 15) is 18.1 Å². The van der Waals surface area contributed by atoms with Gasteiger partial charge in [-0.15, -0.1) is 0 Å². The summed E-state index contributed by atoms with van der Waals surface area (Å²) >= 11 is 0. The lowest BCUT2D eigenvalue weighted by molar-refractivity contribution is -0.117. The van der Waals surface area contributed by atoms with Gasteiger partial charge in [0.1, 0.15) is 5.78 Å². The number of hydrogen-bond donors (Lipinski definition) is 0. The highest BCUT2D eigenvalue weighted by molar-refractivity contribution is 7.55. The van der Waals surface area contributed by atoms with Crippen LogP contribution in [0.1, 0.15) is 46.5 Å².